The highest BCUT2D eigenvalue weighted by atomic mass is 16.6. The van der Waals surface area contributed by atoms with E-state index >= 15 is 0 Å². The van der Waals surface area contributed by atoms with E-state index in [-0.39, 0.29) is 17.4 Å². The van der Waals surface area contributed by atoms with E-state index in [1.165, 1.54) is 13.0 Å². The van der Waals surface area contributed by atoms with Crippen molar-refractivity contribution >= 4 is 18.0 Å². The second-order valence-electron chi connectivity index (χ2n) is 6.01. The Morgan fingerprint density at radius 1 is 1.18 bits per heavy atom. The van der Waals surface area contributed by atoms with Gasteiger partial charge in [-0.1, -0.05) is 36.4 Å². The van der Waals surface area contributed by atoms with E-state index in [9.17, 15) is 14.9 Å². The SMILES string of the molecule is CCOc1cc(/C=C(/C#N)C(=O)N[C@H](C)c2ccccc2)ccc1OC(C)=O. The number of hydrogen-bond donors (Lipinski definition) is 1. The molecule has 6 nitrogen and oxygen atoms in total. The number of nitrogens with one attached hydrogen (secondary N) is 1. The third-order valence-corrected chi connectivity index (χ3v) is 3.84. The number of rotatable bonds is 7. The number of ether oxygens (including phenoxy) is 2. The number of benzene rings is 2. The van der Waals surface area contributed by atoms with E-state index in [0.717, 1.165) is 5.56 Å². The van der Waals surface area contributed by atoms with Gasteiger partial charge in [-0.25, -0.2) is 0 Å². The van der Waals surface area contributed by atoms with Gasteiger partial charge in [0.1, 0.15) is 11.6 Å². The van der Waals surface area contributed by atoms with Gasteiger partial charge in [-0.3, -0.25) is 9.59 Å². The third-order valence-electron chi connectivity index (χ3n) is 3.84. The average molecular weight is 378 g/mol. The molecule has 0 bridgehead atoms. The van der Waals surface area contributed by atoms with E-state index in [0.29, 0.717) is 17.9 Å². The maximum Gasteiger partial charge on any atom is 0.308 e. The Morgan fingerprint density at radius 2 is 1.89 bits per heavy atom. The molecule has 144 valence electrons. The van der Waals surface area contributed by atoms with E-state index in [1.54, 1.807) is 25.1 Å². The van der Waals surface area contributed by atoms with Gasteiger partial charge in [0.15, 0.2) is 11.5 Å². The Morgan fingerprint density at radius 3 is 2.50 bits per heavy atom. The Bertz CT molecular complexity index is 914. The topological polar surface area (TPSA) is 88.4 Å². The van der Waals surface area contributed by atoms with Gasteiger partial charge < -0.3 is 14.8 Å². The van der Waals surface area contributed by atoms with Crippen LogP contribution in [0.4, 0.5) is 0 Å². The molecule has 0 heterocycles. The van der Waals surface area contributed by atoms with Crippen LogP contribution in [-0.2, 0) is 9.59 Å². The lowest BCUT2D eigenvalue weighted by molar-refractivity contribution is -0.132. The second kappa shape index (κ2) is 9.93. The first-order valence-electron chi connectivity index (χ1n) is 8.87. The van der Waals surface area contributed by atoms with Crippen LogP contribution in [-0.4, -0.2) is 18.5 Å². The van der Waals surface area contributed by atoms with E-state index in [1.807, 2.05) is 43.3 Å². The normalized spacial score (nSPS) is 11.9. The summed E-state index contributed by atoms with van der Waals surface area (Å²) in [6.07, 6.45) is 1.47. The predicted molar refractivity (Wildman–Crippen MR) is 106 cm³/mol. The van der Waals surface area contributed by atoms with Crippen LogP contribution in [0.3, 0.4) is 0 Å². The number of amides is 1. The highest BCUT2D eigenvalue weighted by molar-refractivity contribution is 6.01. The van der Waals surface area contributed by atoms with E-state index in [4.69, 9.17) is 9.47 Å². The Hall–Kier alpha value is -3.59. The van der Waals surface area contributed by atoms with Gasteiger partial charge in [0.05, 0.1) is 12.6 Å². The highest BCUT2D eigenvalue weighted by Gasteiger charge is 2.15. The van der Waals surface area contributed by atoms with Crippen LogP contribution in [0.15, 0.2) is 54.1 Å². The van der Waals surface area contributed by atoms with Crippen molar-refractivity contribution in [1.29, 1.82) is 5.26 Å². The van der Waals surface area contributed by atoms with Crippen LogP contribution >= 0.6 is 0 Å². The van der Waals surface area contributed by atoms with Crippen molar-refractivity contribution in [3.63, 3.8) is 0 Å². The van der Waals surface area contributed by atoms with Crippen LogP contribution in [0.1, 0.15) is 37.9 Å². The van der Waals surface area contributed by atoms with Crippen LogP contribution < -0.4 is 14.8 Å². The van der Waals surface area contributed by atoms with Gasteiger partial charge in [-0.15, -0.1) is 0 Å². The number of carbonyl (C=O) groups excluding carboxylic acids is 2. The molecule has 1 atom stereocenters. The van der Waals surface area contributed by atoms with Gasteiger partial charge in [0.2, 0.25) is 0 Å². The van der Waals surface area contributed by atoms with Crippen LogP contribution in [0, 0.1) is 11.3 Å². The van der Waals surface area contributed by atoms with Crippen molar-refractivity contribution < 1.29 is 19.1 Å². The zero-order chi connectivity index (χ0) is 20.5. The number of nitrogens with zero attached hydrogens (tertiary/aromatic N) is 1. The molecule has 1 N–H and O–H groups in total. The minimum absolute atomic E-state index is 0.0366. The molecule has 2 aromatic rings. The number of esters is 1. The molecule has 2 rings (SSSR count). The Balaban J connectivity index is 2.23. The molecule has 0 saturated heterocycles. The average Bonchev–Trinajstić information content (AvgIpc) is 2.68. The van der Waals surface area contributed by atoms with E-state index in [2.05, 4.69) is 5.32 Å². The lowest BCUT2D eigenvalue weighted by Crippen LogP contribution is -2.27. The van der Waals surface area contributed by atoms with E-state index < -0.39 is 11.9 Å². The fraction of sp³-hybridized carbons (Fsp3) is 0.227. The molecule has 6 heteroatoms. The number of carbonyl (C=O) groups is 2. The van der Waals surface area contributed by atoms with Crippen molar-refractivity contribution in [3.8, 4) is 17.6 Å². The summed E-state index contributed by atoms with van der Waals surface area (Å²) < 4.78 is 10.6. The molecule has 0 aliphatic rings. The zero-order valence-corrected chi connectivity index (χ0v) is 16.1. The lowest BCUT2D eigenvalue weighted by Gasteiger charge is -2.14. The molecular formula is C22H22N2O4. The summed E-state index contributed by atoms with van der Waals surface area (Å²) in [7, 11) is 0. The minimum atomic E-state index is -0.471. The summed E-state index contributed by atoms with van der Waals surface area (Å²) in [5.74, 6) is -0.286. The van der Waals surface area contributed by atoms with Crippen molar-refractivity contribution in [2.24, 2.45) is 0 Å². The van der Waals surface area contributed by atoms with Gasteiger partial charge in [0, 0.05) is 6.92 Å². The molecule has 28 heavy (non-hydrogen) atoms. The van der Waals surface area contributed by atoms with Gasteiger partial charge in [-0.2, -0.15) is 5.26 Å². The number of nitriles is 1. The summed E-state index contributed by atoms with van der Waals surface area (Å²) >= 11 is 0. The summed E-state index contributed by atoms with van der Waals surface area (Å²) in [5.41, 5.74) is 1.49. The monoisotopic (exact) mass is 378 g/mol. The molecule has 0 radical (unpaired) electrons. The van der Waals surface area contributed by atoms with Crippen molar-refractivity contribution in [2.75, 3.05) is 6.61 Å². The molecule has 0 unspecified atom stereocenters. The van der Waals surface area contributed by atoms with Gasteiger partial charge in [0.25, 0.3) is 5.91 Å². The molecule has 0 fully saturated rings. The molecule has 0 aromatic heterocycles. The second-order valence-corrected chi connectivity index (χ2v) is 6.01. The summed E-state index contributed by atoms with van der Waals surface area (Å²) in [6, 6.07) is 16.0. The molecule has 1 amide bonds. The van der Waals surface area contributed by atoms with Crippen molar-refractivity contribution in [1.82, 2.24) is 5.32 Å². The zero-order valence-electron chi connectivity index (χ0n) is 16.1. The molecule has 2 aromatic carbocycles. The fourth-order valence-corrected chi connectivity index (χ4v) is 2.54. The van der Waals surface area contributed by atoms with Crippen LogP contribution in [0.2, 0.25) is 0 Å². The Labute approximate surface area is 164 Å². The molecule has 0 aliphatic heterocycles. The maximum absolute atomic E-state index is 12.5. The molecule has 0 aliphatic carbocycles. The van der Waals surface area contributed by atoms with Gasteiger partial charge >= 0.3 is 5.97 Å². The van der Waals surface area contributed by atoms with Crippen LogP contribution in [0.25, 0.3) is 6.08 Å². The first-order valence-corrected chi connectivity index (χ1v) is 8.87. The molecule has 0 spiro atoms. The highest BCUT2D eigenvalue weighted by Crippen LogP contribution is 2.29. The number of hydrogen-bond acceptors (Lipinski definition) is 5. The molecular weight excluding hydrogens is 356 g/mol. The molecule has 0 saturated carbocycles. The first-order chi connectivity index (χ1) is 13.4. The first kappa shape index (κ1) is 20.7. The van der Waals surface area contributed by atoms with Gasteiger partial charge in [-0.05, 0) is 43.2 Å². The Kier molecular flexibility index (Phi) is 7.35. The predicted octanol–water partition coefficient (Wildman–Crippen LogP) is 3.79. The largest absolute Gasteiger partial charge is 0.490 e. The summed E-state index contributed by atoms with van der Waals surface area (Å²) in [4.78, 5) is 23.7. The third kappa shape index (κ3) is 5.71. The standard InChI is InChI=1S/C22H22N2O4/c1-4-27-21-13-17(10-11-20(21)28-16(3)25)12-19(14-23)22(26)24-15(2)18-8-6-5-7-9-18/h5-13,15H,4H2,1-3H3,(H,24,26)/b19-12-/t15-/m1/s1. The lowest BCUT2D eigenvalue weighted by atomic mass is 10.1. The fourth-order valence-electron chi connectivity index (χ4n) is 2.54. The summed E-state index contributed by atoms with van der Waals surface area (Å²) in [6.45, 7) is 5.33. The maximum atomic E-state index is 12.5. The van der Waals surface area contributed by atoms with Crippen molar-refractivity contribution in [3.05, 3.63) is 65.2 Å². The quantitative estimate of drug-likeness (QED) is 0.343. The van der Waals surface area contributed by atoms with Crippen molar-refractivity contribution in [2.45, 2.75) is 26.8 Å². The summed E-state index contributed by atoms with van der Waals surface area (Å²) in [5, 5.41) is 12.2. The minimum Gasteiger partial charge on any atom is -0.490 e. The smallest absolute Gasteiger partial charge is 0.308 e. The van der Waals surface area contributed by atoms with Crippen LogP contribution in [0.5, 0.6) is 11.5 Å².